The van der Waals surface area contributed by atoms with E-state index in [1.807, 2.05) is 22.8 Å². The number of carbonyl (C=O) groups excluding carboxylic acids is 1. The van der Waals surface area contributed by atoms with E-state index in [0.29, 0.717) is 23.5 Å². The van der Waals surface area contributed by atoms with Gasteiger partial charge >= 0.3 is 12.1 Å². The summed E-state index contributed by atoms with van der Waals surface area (Å²) in [7, 11) is 0. The molecule has 0 saturated heterocycles. The summed E-state index contributed by atoms with van der Waals surface area (Å²) in [5, 5.41) is 18.0. The van der Waals surface area contributed by atoms with Gasteiger partial charge in [0.25, 0.3) is 0 Å². The first-order chi connectivity index (χ1) is 17.6. The third kappa shape index (κ3) is 6.68. The zero-order chi connectivity index (χ0) is 25.2. The van der Waals surface area contributed by atoms with Gasteiger partial charge in [-0.1, -0.05) is 30.3 Å². The van der Waals surface area contributed by atoms with Crippen molar-refractivity contribution in [1.29, 1.82) is 0 Å². The van der Waals surface area contributed by atoms with Crippen molar-refractivity contribution >= 4 is 35.0 Å². The maximum Gasteiger partial charge on any atom is 0.408 e. The number of aliphatic carboxylic acids is 1. The summed E-state index contributed by atoms with van der Waals surface area (Å²) in [5.41, 5.74) is 1.95. The number of H-pyrrole nitrogens is 1. The lowest BCUT2D eigenvalue weighted by atomic mass is 10.2. The molecule has 0 aliphatic rings. The van der Waals surface area contributed by atoms with Crippen molar-refractivity contribution in [1.82, 2.24) is 34.8 Å². The molecule has 0 bridgehead atoms. The summed E-state index contributed by atoms with van der Waals surface area (Å²) in [5.74, 6) is -0.0905. The molecular formula is C23H27N9O4. The molecule has 188 valence electrons. The highest BCUT2D eigenvalue weighted by molar-refractivity contribution is 5.84. The van der Waals surface area contributed by atoms with Crippen LogP contribution in [0.2, 0.25) is 0 Å². The Morgan fingerprint density at radius 2 is 1.94 bits per heavy atom. The van der Waals surface area contributed by atoms with Gasteiger partial charge in [-0.2, -0.15) is 0 Å². The average Bonchev–Trinajstić information content (AvgIpc) is 3.56. The SMILES string of the molecule is O=C(N[C@@H](CNc1ncnc2c1ncn2CCCCNc1ncc[nH]1)C(=O)O)OCc1ccccc1. The molecule has 1 atom stereocenters. The minimum atomic E-state index is -1.23. The van der Waals surface area contributed by atoms with E-state index in [4.69, 9.17) is 4.74 Å². The highest BCUT2D eigenvalue weighted by Crippen LogP contribution is 2.18. The van der Waals surface area contributed by atoms with Gasteiger partial charge in [0.1, 0.15) is 24.5 Å². The summed E-state index contributed by atoms with van der Waals surface area (Å²) >= 11 is 0. The topological polar surface area (TPSA) is 172 Å². The summed E-state index contributed by atoms with van der Waals surface area (Å²) in [4.78, 5) is 43.8. The van der Waals surface area contributed by atoms with Crippen molar-refractivity contribution in [3.05, 3.63) is 60.9 Å². The largest absolute Gasteiger partial charge is 0.480 e. The number of benzene rings is 1. The van der Waals surface area contributed by atoms with Crippen molar-refractivity contribution in [2.24, 2.45) is 0 Å². The molecule has 13 heteroatoms. The van der Waals surface area contributed by atoms with Crippen LogP contribution in [-0.2, 0) is 22.7 Å². The number of fused-ring (bicyclic) bond motifs is 1. The monoisotopic (exact) mass is 493 g/mol. The Labute approximate surface area is 206 Å². The van der Waals surface area contributed by atoms with E-state index in [1.54, 1.807) is 30.9 Å². The molecule has 1 aromatic carbocycles. The number of hydrogen-bond donors (Lipinski definition) is 5. The number of nitrogens with zero attached hydrogens (tertiary/aromatic N) is 5. The number of ether oxygens (including phenoxy) is 1. The van der Waals surface area contributed by atoms with Gasteiger partial charge in [0.15, 0.2) is 17.4 Å². The highest BCUT2D eigenvalue weighted by atomic mass is 16.5. The number of aromatic nitrogens is 6. The van der Waals surface area contributed by atoms with E-state index < -0.39 is 18.1 Å². The van der Waals surface area contributed by atoms with Gasteiger partial charge < -0.3 is 35.3 Å². The van der Waals surface area contributed by atoms with Gasteiger partial charge in [0.2, 0.25) is 0 Å². The molecule has 0 aliphatic carbocycles. The lowest BCUT2D eigenvalue weighted by Gasteiger charge is -2.16. The first kappa shape index (κ1) is 24.4. The van der Waals surface area contributed by atoms with Crippen molar-refractivity contribution in [3.8, 4) is 0 Å². The molecule has 1 amide bonds. The second-order valence-electron chi connectivity index (χ2n) is 7.88. The van der Waals surface area contributed by atoms with Crippen molar-refractivity contribution in [2.75, 3.05) is 23.7 Å². The van der Waals surface area contributed by atoms with Crippen molar-refractivity contribution in [3.63, 3.8) is 0 Å². The summed E-state index contributed by atoms with van der Waals surface area (Å²) in [6.45, 7) is 1.40. The van der Waals surface area contributed by atoms with Crippen LogP contribution >= 0.6 is 0 Å². The van der Waals surface area contributed by atoms with Crippen LogP contribution in [0.25, 0.3) is 11.2 Å². The van der Waals surface area contributed by atoms with Gasteiger partial charge in [-0.15, -0.1) is 0 Å². The fourth-order valence-electron chi connectivity index (χ4n) is 3.46. The molecule has 0 radical (unpaired) electrons. The maximum absolute atomic E-state index is 12.1. The first-order valence-electron chi connectivity index (χ1n) is 11.4. The van der Waals surface area contributed by atoms with Gasteiger partial charge in [-0.3, -0.25) is 0 Å². The minimum Gasteiger partial charge on any atom is -0.480 e. The smallest absolute Gasteiger partial charge is 0.408 e. The second-order valence-corrected chi connectivity index (χ2v) is 7.88. The molecule has 0 saturated carbocycles. The molecule has 3 aromatic heterocycles. The number of aromatic amines is 1. The van der Waals surface area contributed by atoms with E-state index >= 15 is 0 Å². The third-order valence-corrected chi connectivity index (χ3v) is 5.29. The minimum absolute atomic E-state index is 0.0370. The van der Waals surface area contributed by atoms with Crippen LogP contribution < -0.4 is 16.0 Å². The Morgan fingerprint density at radius 1 is 1.08 bits per heavy atom. The molecule has 4 aromatic rings. The average molecular weight is 494 g/mol. The molecule has 0 aliphatic heterocycles. The van der Waals surface area contributed by atoms with Crippen LogP contribution in [0, 0.1) is 0 Å². The predicted octanol–water partition coefficient (Wildman–Crippen LogP) is 2.23. The van der Waals surface area contributed by atoms with Crippen molar-refractivity contribution in [2.45, 2.75) is 32.0 Å². The Kier molecular flexibility index (Phi) is 8.25. The van der Waals surface area contributed by atoms with E-state index in [0.717, 1.165) is 30.9 Å². The highest BCUT2D eigenvalue weighted by Gasteiger charge is 2.21. The van der Waals surface area contributed by atoms with Gasteiger partial charge in [0.05, 0.1) is 6.33 Å². The predicted molar refractivity (Wildman–Crippen MR) is 131 cm³/mol. The van der Waals surface area contributed by atoms with Crippen LogP contribution in [0.3, 0.4) is 0 Å². The molecule has 0 spiro atoms. The number of unbranched alkanes of at least 4 members (excludes halogenated alkanes) is 1. The summed E-state index contributed by atoms with van der Waals surface area (Å²) in [6.07, 6.45) is 7.50. The molecule has 0 unspecified atom stereocenters. The Bertz CT molecular complexity index is 1260. The van der Waals surface area contributed by atoms with Gasteiger partial charge in [-0.25, -0.2) is 29.5 Å². The quantitative estimate of drug-likeness (QED) is 0.174. The lowest BCUT2D eigenvalue weighted by molar-refractivity contribution is -0.139. The second kappa shape index (κ2) is 12.1. The number of amides is 1. The molecule has 4 rings (SSSR count). The molecular weight excluding hydrogens is 466 g/mol. The number of hydrogen-bond acceptors (Lipinski definition) is 9. The number of alkyl carbamates (subject to hydrolysis) is 1. The van der Waals surface area contributed by atoms with E-state index in [9.17, 15) is 14.7 Å². The van der Waals surface area contributed by atoms with E-state index in [1.165, 1.54) is 6.33 Å². The fraction of sp³-hybridized carbons (Fsp3) is 0.304. The van der Waals surface area contributed by atoms with Crippen LogP contribution in [0.4, 0.5) is 16.6 Å². The van der Waals surface area contributed by atoms with Crippen LogP contribution in [0.15, 0.2) is 55.4 Å². The maximum atomic E-state index is 12.1. The summed E-state index contributed by atoms with van der Waals surface area (Å²) in [6, 6.07) is 7.88. The number of carboxylic acids is 1. The number of carbonyl (C=O) groups is 2. The van der Waals surface area contributed by atoms with Crippen LogP contribution in [-0.4, -0.2) is 65.8 Å². The van der Waals surface area contributed by atoms with Crippen LogP contribution in [0.1, 0.15) is 18.4 Å². The van der Waals surface area contributed by atoms with Gasteiger partial charge in [0, 0.05) is 32.0 Å². The van der Waals surface area contributed by atoms with Crippen LogP contribution in [0.5, 0.6) is 0 Å². The Hall–Kier alpha value is -4.68. The lowest BCUT2D eigenvalue weighted by Crippen LogP contribution is -2.45. The Balaban J connectivity index is 1.28. The molecule has 5 N–H and O–H groups in total. The van der Waals surface area contributed by atoms with Gasteiger partial charge in [-0.05, 0) is 18.4 Å². The number of aryl methyl sites for hydroxylation is 1. The fourth-order valence-corrected chi connectivity index (χ4v) is 3.46. The third-order valence-electron chi connectivity index (χ3n) is 5.29. The zero-order valence-corrected chi connectivity index (χ0v) is 19.4. The number of carboxylic acid groups (broad SMARTS) is 1. The number of imidazole rings is 2. The van der Waals surface area contributed by atoms with E-state index in [2.05, 4.69) is 40.9 Å². The van der Waals surface area contributed by atoms with E-state index in [-0.39, 0.29) is 13.2 Å². The Morgan fingerprint density at radius 3 is 2.72 bits per heavy atom. The number of rotatable bonds is 13. The first-order valence-corrected chi connectivity index (χ1v) is 11.4. The molecule has 3 heterocycles. The summed E-state index contributed by atoms with van der Waals surface area (Å²) < 4.78 is 7.04. The number of anilines is 2. The standard InChI is InChI=1S/C23H27N9O4/c33-21(34)17(31-23(35)36-13-16-6-2-1-3-7-16)12-27-19-18-20(29-14-28-19)32(15-30-18)11-5-4-8-24-22-25-9-10-26-22/h1-3,6-7,9-10,14-15,17H,4-5,8,11-13H2,(H,31,35)(H,33,34)(H2,24,25,26)(H,27,28,29)/t17-/m0/s1. The normalized spacial score (nSPS) is 11.7. The number of nitrogens with one attached hydrogen (secondary N) is 4. The molecule has 0 fully saturated rings. The molecule has 13 nitrogen and oxygen atoms in total. The van der Waals surface area contributed by atoms with Crippen molar-refractivity contribution < 1.29 is 19.4 Å². The zero-order valence-electron chi connectivity index (χ0n) is 19.4. The molecule has 36 heavy (non-hydrogen) atoms.